The van der Waals surface area contributed by atoms with Gasteiger partial charge in [0.2, 0.25) is 5.41 Å². The fourth-order valence-electron chi connectivity index (χ4n) is 2.69. The van der Waals surface area contributed by atoms with Gasteiger partial charge >= 0.3 is 8.80 Å². The van der Waals surface area contributed by atoms with Crippen molar-refractivity contribution in [3.63, 3.8) is 0 Å². The van der Waals surface area contributed by atoms with Crippen LogP contribution in [0.3, 0.4) is 0 Å². The molecule has 0 aliphatic carbocycles. The zero-order valence-corrected chi connectivity index (χ0v) is 22.6. The first-order chi connectivity index (χ1) is 14.8. The van der Waals surface area contributed by atoms with Gasteiger partial charge in [0.25, 0.3) is 0 Å². The summed E-state index contributed by atoms with van der Waals surface area (Å²) in [6.07, 6.45) is -1.80. The molecule has 10 nitrogen and oxygen atoms in total. The molecule has 0 aromatic heterocycles. The number of carbonyl (C=O) groups is 1. The van der Waals surface area contributed by atoms with Crippen LogP contribution in [0.4, 0.5) is 0 Å². The number of ether oxygens (including phenoxy) is 6. The maximum Gasteiger partial charge on any atom is 0.580 e. The van der Waals surface area contributed by atoms with Gasteiger partial charge < -0.3 is 41.7 Å². The van der Waals surface area contributed by atoms with Gasteiger partial charge in [-0.3, -0.25) is 4.79 Å². The molecule has 0 aromatic rings. The smallest absolute Gasteiger partial charge is 0.356 e. The Morgan fingerprint density at radius 2 is 1.22 bits per heavy atom. The van der Waals surface area contributed by atoms with E-state index in [0.29, 0.717) is 6.42 Å². The molecule has 0 amide bonds. The van der Waals surface area contributed by atoms with Crippen LogP contribution in [0.15, 0.2) is 0 Å². The predicted octanol–water partition coefficient (Wildman–Crippen LogP) is 3.73. The molecule has 0 fully saturated rings. The van der Waals surface area contributed by atoms with Crippen molar-refractivity contribution in [1.82, 2.24) is 0 Å². The van der Waals surface area contributed by atoms with Gasteiger partial charge in [-0.15, -0.1) is 0 Å². The molecule has 0 bridgehead atoms. The van der Waals surface area contributed by atoms with Crippen molar-refractivity contribution in [2.75, 3.05) is 21.3 Å². The number of methoxy groups -OCH3 is 3. The zero-order chi connectivity index (χ0) is 24.9. The monoisotopic (exact) mass is 484 g/mol. The first-order valence-corrected chi connectivity index (χ1v) is 12.7. The van der Waals surface area contributed by atoms with E-state index in [-0.39, 0.29) is 11.8 Å². The van der Waals surface area contributed by atoms with Gasteiger partial charge in [-0.25, -0.2) is 0 Å². The van der Waals surface area contributed by atoms with Crippen molar-refractivity contribution in [2.45, 2.75) is 112 Å². The van der Waals surface area contributed by atoms with Crippen molar-refractivity contribution < 1.29 is 46.5 Å². The first-order valence-electron chi connectivity index (χ1n) is 11.0. The van der Waals surface area contributed by atoms with Gasteiger partial charge in [0, 0.05) is 27.8 Å². The van der Waals surface area contributed by atoms with Crippen LogP contribution >= 0.6 is 0 Å². The minimum Gasteiger partial charge on any atom is -0.356 e. The second kappa shape index (κ2) is 15.4. The lowest BCUT2D eigenvalue weighted by Crippen LogP contribution is -2.61. The van der Waals surface area contributed by atoms with Crippen molar-refractivity contribution in [2.24, 2.45) is 0 Å². The largest absolute Gasteiger partial charge is 0.580 e. The average Bonchev–Trinajstić information content (AvgIpc) is 2.70. The van der Waals surface area contributed by atoms with Crippen LogP contribution in [0.1, 0.15) is 74.7 Å². The van der Waals surface area contributed by atoms with Gasteiger partial charge in [0.1, 0.15) is 0 Å². The molecule has 0 N–H and O–H groups in total. The molecule has 0 radical (unpaired) electrons. The summed E-state index contributed by atoms with van der Waals surface area (Å²) < 4.78 is 51.0. The summed E-state index contributed by atoms with van der Waals surface area (Å²) in [6, 6.07) is 0. The Bertz CT molecular complexity index is 499. The normalized spacial score (nSPS) is 19.1. The lowest BCUT2D eigenvalue weighted by molar-refractivity contribution is -0.282. The molecule has 0 aliphatic rings. The standard InChI is InChI=1S/C21H44O10Si/c1-12-13-14-20(22)32(29-18(5)26-15(2)23-9,30-19(6)27-16(3)24-10)31-21(7,8)28-17(4)25-11/h15-19H,12-14H2,1-11H3. The molecule has 0 rings (SSSR count). The molecular formula is C21H44O10Si. The Hall–Kier alpha value is -0.473. The highest BCUT2D eigenvalue weighted by atomic mass is 28.4. The van der Waals surface area contributed by atoms with Gasteiger partial charge in [-0.1, -0.05) is 13.3 Å². The van der Waals surface area contributed by atoms with Crippen molar-refractivity contribution >= 4 is 14.2 Å². The summed E-state index contributed by atoms with van der Waals surface area (Å²) in [5.41, 5.74) is 0. The minimum absolute atomic E-state index is 0.206. The Kier molecular flexibility index (Phi) is 15.2. The van der Waals surface area contributed by atoms with Gasteiger partial charge in [0.05, 0.1) is 0 Å². The van der Waals surface area contributed by atoms with Crippen LogP contribution in [0.5, 0.6) is 0 Å². The van der Waals surface area contributed by atoms with E-state index in [0.717, 1.165) is 6.42 Å². The van der Waals surface area contributed by atoms with Crippen LogP contribution in [0.2, 0.25) is 0 Å². The highest BCUT2D eigenvalue weighted by molar-refractivity contribution is 6.92. The quantitative estimate of drug-likeness (QED) is 0.199. The topological polar surface area (TPSA) is 100 Å². The fraction of sp³-hybridized carbons (Fsp3) is 0.952. The highest BCUT2D eigenvalue weighted by Gasteiger charge is 2.56. The number of unbranched alkanes of at least 4 members (excludes halogenated alkanes) is 1. The Morgan fingerprint density at radius 1 is 0.781 bits per heavy atom. The molecule has 0 aliphatic heterocycles. The van der Waals surface area contributed by atoms with Crippen LogP contribution in [0, 0.1) is 0 Å². The summed E-state index contributed by atoms with van der Waals surface area (Å²) in [6.45, 7) is 13.7. The van der Waals surface area contributed by atoms with E-state index in [1.165, 1.54) is 21.3 Å². The Balaban J connectivity index is 6.06. The minimum atomic E-state index is -4.12. The number of hydrogen-bond acceptors (Lipinski definition) is 10. The molecule has 0 saturated heterocycles. The van der Waals surface area contributed by atoms with Gasteiger partial charge in [-0.2, -0.15) is 0 Å². The van der Waals surface area contributed by atoms with Gasteiger partial charge in [-0.05, 0) is 54.9 Å². The van der Waals surface area contributed by atoms with Crippen LogP contribution in [-0.2, 0) is 46.5 Å². The molecule has 0 aromatic carbocycles. The van der Waals surface area contributed by atoms with Crippen LogP contribution < -0.4 is 0 Å². The molecule has 5 atom stereocenters. The molecule has 0 saturated carbocycles. The summed E-state index contributed by atoms with van der Waals surface area (Å²) in [5, 5.41) is -0.304. The Morgan fingerprint density at radius 3 is 1.59 bits per heavy atom. The third-order valence-electron chi connectivity index (χ3n) is 4.33. The first kappa shape index (κ1) is 31.5. The summed E-state index contributed by atoms with van der Waals surface area (Å²) in [7, 11) is 0.405. The van der Waals surface area contributed by atoms with E-state index in [9.17, 15) is 4.79 Å². The maximum absolute atomic E-state index is 13.5. The van der Waals surface area contributed by atoms with E-state index in [1.54, 1.807) is 48.5 Å². The van der Waals surface area contributed by atoms with Crippen molar-refractivity contribution in [3.8, 4) is 0 Å². The number of hydrogen-bond donors (Lipinski definition) is 0. The van der Waals surface area contributed by atoms with Crippen LogP contribution in [-0.4, -0.2) is 72.8 Å². The molecule has 5 unspecified atom stereocenters. The van der Waals surface area contributed by atoms with Crippen molar-refractivity contribution in [3.05, 3.63) is 0 Å². The zero-order valence-electron chi connectivity index (χ0n) is 21.6. The second-order valence-corrected chi connectivity index (χ2v) is 10.1. The molecule has 11 heteroatoms. The summed E-state index contributed by atoms with van der Waals surface area (Å²) in [5.74, 6) is -1.28. The van der Waals surface area contributed by atoms with Gasteiger partial charge in [0.15, 0.2) is 37.2 Å². The van der Waals surface area contributed by atoms with Crippen LogP contribution in [0.25, 0.3) is 0 Å². The third kappa shape index (κ3) is 12.1. The van der Waals surface area contributed by atoms with E-state index < -0.39 is 46.0 Å². The summed E-state index contributed by atoms with van der Waals surface area (Å²) >= 11 is 0. The third-order valence-corrected chi connectivity index (χ3v) is 7.31. The summed E-state index contributed by atoms with van der Waals surface area (Å²) in [4.78, 5) is 13.5. The Labute approximate surface area is 194 Å². The fourth-order valence-corrected chi connectivity index (χ4v) is 5.39. The average molecular weight is 485 g/mol. The molecule has 0 heterocycles. The van der Waals surface area contributed by atoms with E-state index >= 15 is 0 Å². The lowest BCUT2D eigenvalue weighted by atomic mass is 10.3. The van der Waals surface area contributed by atoms with E-state index in [4.69, 9.17) is 41.7 Å². The molecule has 32 heavy (non-hydrogen) atoms. The van der Waals surface area contributed by atoms with E-state index in [2.05, 4.69) is 0 Å². The molecular weight excluding hydrogens is 440 g/mol. The molecule has 0 spiro atoms. The predicted molar refractivity (Wildman–Crippen MR) is 119 cm³/mol. The lowest BCUT2D eigenvalue weighted by Gasteiger charge is -2.39. The molecule has 192 valence electrons. The second-order valence-electron chi connectivity index (χ2n) is 7.76. The highest BCUT2D eigenvalue weighted by Crippen LogP contribution is 2.28. The SMILES string of the molecule is CCCCC(=O)[Si](OC(C)OC(C)OC)(OC(C)OC(C)OC)OC(C)(C)OC(C)OC. The van der Waals surface area contributed by atoms with Crippen molar-refractivity contribution in [1.29, 1.82) is 0 Å². The maximum atomic E-state index is 13.5. The van der Waals surface area contributed by atoms with E-state index in [1.807, 2.05) is 6.92 Å². The number of rotatable bonds is 19. The number of carbonyl (C=O) groups excluding carboxylic acids is 1.